The maximum absolute atomic E-state index is 12.3. The molecule has 0 aliphatic heterocycles. The van der Waals surface area contributed by atoms with E-state index < -0.39 is 18.7 Å². The maximum atomic E-state index is 12.3. The van der Waals surface area contributed by atoms with E-state index in [4.69, 9.17) is 16.3 Å². The van der Waals surface area contributed by atoms with E-state index in [2.05, 4.69) is 20.6 Å². The van der Waals surface area contributed by atoms with Crippen LogP contribution in [0.1, 0.15) is 40.0 Å². The van der Waals surface area contributed by atoms with E-state index in [1.165, 1.54) is 18.5 Å². The first kappa shape index (κ1) is 23.6. The zero-order valence-electron chi connectivity index (χ0n) is 16.2. The molecule has 30 heavy (non-hydrogen) atoms. The monoisotopic (exact) mass is 444 g/mol. The third-order valence-corrected chi connectivity index (χ3v) is 4.35. The van der Waals surface area contributed by atoms with E-state index in [9.17, 15) is 22.8 Å². The molecule has 2 rings (SSSR count). The van der Waals surface area contributed by atoms with Gasteiger partial charge in [-0.05, 0) is 31.5 Å². The lowest BCUT2D eigenvalue weighted by molar-refractivity contribution is -0.154. The van der Waals surface area contributed by atoms with Crippen molar-refractivity contribution in [2.75, 3.05) is 17.8 Å². The molecule has 0 saturated heterocycles. The highest BCUT2D eigenvalue weighted by Gasteiger charge is 2.29. The van der Waals surface area contributed by atoms with Crippen LogP contribution in [0.4, 0.5) is 19.0 Å². The normalized spacial score (nSPS) is 12.3. The molecule has 0 radical (unpaired) electrons. The van der Waals surface area contributed by atoms with E-state index >= 15 is 0 Å². The fourth-order valence-electron chi connectivity index (χ4n) is 2.57. The Morgan fingerprint density at radius 3 is 2.70 bits per heavy atom. The molecule has 2 aromatic rings. The minimum Gasteiger partial charge on any atom is -0.468 e. The van der Waals surface area contributed by atoms with Gasteiger partial charge < -0.3 is 15.4 Å². The first-order valence-electron chi connectivity index (χ1n) is 8.83. The number of nitrogens with zero attached hydrogens (tertiary/aromatic N) is 2. The van der Waals surface area contributed by atoms with E-state index in [-0.39, 0.29) is 30.2 Å². The number of ether oxygens (including phenoxy) is 1. The molecule has 11 heteroatoms. The van der Waals surface area contributed by atoms with Crippen molar-refractivity contribution in [2.24, 2.45) is 0 Å². The van der Waals surface area contributed by atoms with Gasteiger partial charge in [0.2, 0.25) is 11.8 Å². The number of hydrogen-bond donors (Lipinski definition) is 2. The maximum Gasteiger partial charge on any atom is 0.422 e. The lowest BCUT2D eigenvalue weighted by Crippen LogP contribution is -2.23. The summed E-state index contributed by atoms with van der Waals surface area (Å²) in [6.45, 7) is 2.19. The molecule has 2 heterocycles. The second-order valence-corrected chi connectivity index (χ2v) is 6.69. The predicted octanol–water partition coefficient (Wildman–Crippen LogP) is 3.57. The summed E-state index contributed by atoms with van der Waals surface area (Å²) in [7, 11) is 0. The average Bonchev–Trinajstić information content (AvgIpc) is 2.70. The van der Waals surface area contributed by atoms with Gasteiger partial charge in [0, 0.05) is 41.7 Å². The number of aromatic nitrogens is 2. The third kappa shape index (κ3) is 6.67. The predicted molar refractivity (Wildman–Crippen MR) is 105 cm³/mol. The van der Waals surface area contributed by atoms with Crippen LogP contribution in [0.15, 0.2) is 24.5 Å². The molecule has 0 fully saturated rings. The summed E-state index contributed by atoms with van der Waals surface area (Å²) in [4.78, 5) is 31.0. The van der Waals surface area contributed by atoms with E-state index in [1.54, 1.807) is 13.0 Å². The van der Waals surface area contributed by atoms with Crippen LogP contribution in [0.3, 0.4) is 0 Å². The number of amides is 1. The Morgan fingerprint density at radius 1 is 1.37 bits per heavy atom. The number of carbonyl (C=O) groups excluding carboxylic acids is 2. The van der Waals surface area contributed by atoms with Crippen molar-refractivity contribution in [3.8, 4) is 5.88 Å². The van der Waals surface area contributed by atoms with Crippen LogP contribution < -0.4 is 15.4 Å². The number of rotatable bonds is 9. The number of nitrogens with one attached hydrogen (secondary N) is 2. The summed E-state index contributed by atoms with van der Waals surface area (Å²) in [5.74, 6) is -0.597. The first-order valence-corrected chi connectivity index (χ1v) is 9.36. The van der Waals surface area contributed by atoms with Gasteiger partial charge in [0.15, 0.2) is 12.9 Å². The van der Waals surface area contributed by atoms with E-state index in [1.807, 2.05) is 6.92 Å². The number of aryl methyl sites for hydroxylation is 1. The molecular formula is C19H20ClF3N4O3. The Bertz CT molecular complexity index is 909. The van der Waals surface area contributed by atoms with Gasteiger partial charge in [0.1, 0.15) is 11.7 Å². The van der Waals surface area contributed by atoms with Crippen molar-refractivity contribution < 1.29 is 27.5 Å². The molecule has 1 atom stereocenters. The average molecular weight is 445 g/mol. The fraction of sp³-hybridized carbons (Fsp3) is 0.368. The summed E-state index contributed by atoms with van der Waals surface area (Å²) >= 11 is 5.51. The Hall–Kier alpha value is -2.72. The van der Waals surface area contributed by atoms with Crippen molar-refractivity contribution in [1.29, 1.82) is 0 Å². The molecule has 0 bridgehead atoms. The lowest BCUT2D eigenvalue weighted by Gasteiger charge is -2.18. The van der Waals surface area contributed by atoms with Crippen LogP contribution in [-0.2, 0) is 11.3 Å². The third-order valence-electron chi connectivity index (χ3n) is 4.11. The minimum atomic E-state index is -4.45. The lowest BCUT2D eigenvalue weighted by atomic mass is 10.1. The van der Waals surface area contributed by atoms with Crippen molar-refractivity contribution in [1.82, 2.24) is 15.3 Å². The van der Waals surface area contributed by atoms with Crippen molar-refractivity contribution in [2.45, 2.75) is 32.6 Å². The summed E-state index contributed by atoms with van der Waals surface area (Å²) in [5.41, 5.74) is 1.98. The first-order chi connectivity index (χ1) is 14.1. The molecule has 0 spiro atoms. The van der Waals surface area contributed by atoms with Crippen LogP contribution >= 0.6 is 11.6 Å². The molecule has 0 saturated carbocycles. The summed E-state index contributed by atoms with van der Waals surface area (Å²) in [5, 5.41) is 5.72. The zero-order chi connectivity index (χ0) is 22.3. The van der Waals surface area contributed by atoms with Gasteiger partial charge in [-0.25, -0.2) is 9.97 Å². The van der Waals surface area contributed by atoms with Crippen molar-refractivity contribution >= 4 is 29.6 Å². The number of carbonyl (C=O) groups is 2. The molecular weight excluding hydrogens is 425 g/mol. The summed E-state index contributed by atoms with van der Waals surface area (Å²) in [6.07, 6.45) is -0.986. The molecule has 0 aliphatic carbocycles. The Morgan fingerprint density at radius 2 is 2.10 bits per heavy atom. The topological polar surface area (TPSA) is 93.2 Å². The molecule has 2 N–H and O–H groups in total. The highest BCUT2D eigenvalue weighted by Crippen LogP contribution is 2.23. The van der Waals surface area contributed by atoms with Crippen LogP contribution in [0.25, 0.3) is 0 Å². The van der Waals surface area contributed by atoms with E-state index in [0.717, 1.165) is 0 Å². The summed E-state index contributed by atoms with van der Waals surface area (Å²) in [6, 6.07) is 2.91. The molecule has 162 valence electrons. The van der Waals surface area contributed by atoms with Crippen molar-refractivity contribution in [3.63, 3.8) is 0 Å². The van der Waals surface area contributed by atoms with Crippen LogP contribution in [0.5, 0.6) is 5.88 Å². The van der Waals surface area contributed by atoms with Crippen LogP contribution in [-0.4, -0.2) is 40.8 Å². The van der Waals surface area contributed by atoms with Gasteiger partial charge in [0.25, 0.3) is 0 Å². The highest BCUT2D eigenvalue weighted by atomic mass is 35.5. The van der Waals surface area contributed by atoms with Gasteiger partial charge in [-0.2, -0.15) is 13.2 Å². The van der Waals surface area contributed by atoms with Gasteiger partial charge in [-0.15, -0.1) is 11.6 Å². The SMILES string of the molecule is Cc1cc(C(C)NCc2c(C=O)ccnc2NC(=O)CCl)cnc1OCC(F)(F)F. The zero-order valence-corrected chi connectivity index (χ0v) is 17.0. The molecule has 0 aromatic carbocycles. The molecule has 1 amide bonds. The molecule has 1 unspecified atom stereocenters. The van der Waals surface area contributed by atoms with Gasteiger partial charge in [-0.1, -0.05) is 0 Å². The number of pyridine rings is 2. The Labute approximate surface area is 176 Å². The number of alkyl halides is 4. The number of anilines is 1. The van der Waals surface area contributed by atoms with Gasteiger partial charge >= 0.3 is 6.18 Å². The smallest absolute Gasteiger partial charge is 0.422 e. The Balaban J connectivity index is 2.12. The standard InChI is InChI=1S/C19H20ClF3N4O3/c1-11-5-14(7-26-18(11)30-10-19(21,22)23)12(2)25-8-15-13(9-28)3-4-24-17(15)27-16(29)6-20/h3-5,7,9,12,25H,6,8,10H2,1-2H3,(H,24,27,29). The van der Waals surface area contributed by atoms with Crippen LogP contribution in [0, 0.1) is 6.92 Å². The quantitative estimate of drug-likeness (QED) is 0.453. The second kappa shape index (κ2) is 10.4. The Kier molecular flexibility index (Phi) is 8.13. The molecule has 0 aliphatic rings. The molecule has 7 nitrogen and oxygen atoms in total. The number of halogens is 4. The second-order valence-electron chi connectivity index (χ2n) is 6.42. The largest absolute Gasteiger partial charge is 0.468 e. The fourth-order valence-corrected chi connectivity index (χ4v) is 2.64. The van der Waals surface area contributed by atoms with Crippen LogP contribution in [0.2, 0.25) is 0 Å². The highest BCUT2D eigenvalue weighted by molar-refractivity contribution is 6.29. The summed E-state index contributed by atoms with van der Waals surface area (Å²) < 4.78 is 41.6. The van der Waals surface area contributed by atoms with Gasteiger partial charge in [-0.3, -0.25) is 9.59 Å². The van der Waals surface area contributed by atoms with Gasteiger partial charge in [0.05, 0.1) is 0 Å². The number of hydrogen-bond acceptors (Lipinski definition) is 6. The van der Waals surface area contributed by atoms with E-state index in [0.29, 0.717) is 28.5 Å². The minimum absolute atomic E-state index is 0.0927. The van der Waals surface area contributed by atoms with Crippen molar-refractivity contribution in [3.05, 3.63) is 46.8 Å². The molecule has 2 aromatic heterocycles. The number of aldehydes is 1.